The minimum atomic E-state index is -0.768. The average Bonchev–Trinajstić information content (AvgIpc) is 2.71. The summed E-state index contributed by atoms with van der Waals surface area (Å²) < 4.78 is 10.8. The number of amides is 1. The molecular weight excluding hydrogens is 398 g/mol. The summed E-state index contributed by atoms with van der Waals surface area (Å²) >= 11 is 0. The molecule has 2 aromatic rings. The van der Waals surface area contributed by atoms with Crippen LogP contribution >= 0.6 is 0 Å². The van der Waals surface area contributed by atoms with Gasteiger partial charge in [-0.2, -0.15) is 0 Å². The summed E-state index contributed by atoms with van der Waals surface area (Å²) in [7, 11) is 1.61. The second-order valence-electron chi connectivity index (χ2n) is 8.01. The Morgan fingerprint density at radius 2 is 2.16 bits per heavy atom. The van der Waals surface area contributed by atoms with Crippen molar-refractivity contribution in [1.82, 2.24) is 14.9 Å². The van der Waals surface area contributed by atoms with Crippen LogP contribution in [0, 0.1) is 0 Å². The number of hydrogen-bond acceptors (Lipinski definition) is 8. The first-order chi connectivity index (χ1) is 14.8. The zero-order chi connectivity index (χ0) is 22.0. The maximum absolute atomic E-state index is 12.7. The number of nitrogens with zero attached hydrogens (tertiary/aromatic N) is 4. The number of benzene rings is 1. The molecule has 9 nitrogen and oxygen atoms in total. The highest BCUT2D eigenvalue weighted by molar-refractivity contribution is 5.99. The van der Waals surface area contributed by atoms with Crippen LogP contribution in [0.4, 0.5) is 0 Å². The Kier molecular flexibility index (Phi) is 5.69. The summed E-state index contributed by atoms with van der Waals surface area (Å²) in [6.45, 7) is 3.06. The van der Waals surface area contributed by atoms with Gasteiger partial charge in [0.15, 0.2) is 11.7 Å². The fraction of sp³-hybridized carbons (Fsp3) is 0.409. The molecule has 1 aromatic heterocycles. The first-order valence-corrected chi connectivity index (χ1v) is 10.1. The quantitative estimate of drug-likeness (QED) is 0.670. The number of hydrogen-bond donors (Lipinski definition) is 1. The van der Waals surface area contributed by atoms with Crippen molar-refractivity contribution in [3.8, 4) is 5.88 Å². The third-order valence-electron chi connectivity index (χ3n) is 5.61. The minimum absolute atomic E-state index is 0.0991. The van der Waals surface area contributed by atoms with E-state index in [4.69, 9.17) is 15.2 Å². The van der Waals surface area contributed by atoms with Crippen molar-refractivity contribution in [2.24, 2.45) is 10.7 Å². The zero-order valence-corrected chi connectivity index (χ0v) is 17.6. The van der Waals surface area contributed by atoms with E-state index in [1.54, 1.807) is 7.05 Å². The van der Waals surface area contributed by atoms with Gasteiger partial charge >= 0.3 is 0 Å². The molecule has 0 radical (unpaired) electrons. The van der Waals surface area contributed by atoms with Crippen LogP contribution in [0.3, 0.4) is 0 Å². The summed E-state index contributed by atoms with van der Waals surface area (Å²) in [5.41, 5.74) is 7.03. The topological polar surface area (TPSA) is 120 Å². The maximum atomic E-state index is 12.7. The molecule has 1 fully saturated rings. The lowest BCUT2D eigenvalue weighted by atomic mass is 9.86. The van der Waals surface area contributed by atoms with Crippen LogP contribution in [-0.2, 0) is 21.5 Å². The molecule has 3 heterocycles. The molecule has 1 amide bonds. The number of aliphatic imine (C=N–C) groups is 1. The van der Waals surface area contributed by atoms with Gasteiger partial charge in [0, 0.05) is 26.5 Å². The van der Waals surface area contributed by atoms with Gasteiger partial charge in [-0.15, -0.1) is 0 Å². The van der Waals surface area contributed by atoms with Gasteiger partial charge in [-0.05, 0) is 18.1 Å². The van der Waals surface area contributed by atoms with Crippen LogP contribution in [0.5, 0.6) is 5.88 Å². The van der Waals surface area contributed by atoms with Crippen molar-refractivity contribution < 1.29 is 19.1 Å². The molecular formula is C22H25N5O4. The van der Waals surface area contributed by atoms with Crippen LogP contribution < -0.4 is 10.5 Å². The van der Waals surface area contributed by atoms with Crippen LogP contribution in [-0.4, -0.2) is 58.9 Å². The third-order valence-corrected chi connectivity index (χ3v) is 5.61. The van der Waals surface area contributed by atoms with Crippen molar-refractivity contribution in [1.29, 1.82) is 0 Å². The van der Waals surface area contributed by atoms with E-state index in [1.807, 2.05) is 31.2 Å². The zero-order valence-electron chi connectivity index (χ0n) is 17.6. The highest BCUT2D eigenvalue weighted by Crippen LogP contribution is 2.33. The Labute approximate surface area is 180 Å². The van der Waals surface area contributed by atoms with Gasteiger partial charge in [0.05, 0.1) is 30.5 Å². The van der Waals surface area contributed by atoms with Gasteiger partial charge < -0.3 is 15.2 Å². The number of carbonyl (C=O) groups is 2. The predicted octanol–water partition coefficient (Wildman–Crippen LogP) is 1.46. The molecule has 2 unspecified atom stereocenters. The lowest BCUT2D eigenvalue weighted by molar-refractivity contribution is -0.128. The minimum Gasteiger partial charge on any atom is -0.474 e. The fourth-order valence-corrected chi connectivity index (χ4v) is 3.50. The Balaban J connectivity index is 1.44. The summed E-state index contributed by atoms with van der Waals surface area (Å²) in [6.07, 6.45) is 4.32. The number of guanidine groups is 1. The molecule has 0 spiro atoms. The van der Waals surface area contributed by atoms with Crippen LogP contribution in [0.15, 0.2) is 41.7 Å². The van der Waals surface area contributed by atoms with Crippen molar-refractivity contribution in [2.75, 3.05) is 20.3 Å². The van der Waals surface area contributed by atoms with Gasteiger partial charge in [0.2, 0.25) is 11.8 Å². The van der Waals surface area contributed by atoms with E-state index in [0.717, 1.165) is 24.2 Å². The lowest BCUT2D eigenvalue weighted by Gasteiger charge is -2.33. The molecule has 31 heavy (non-hydrogen) atoms. The lowest BCUT2D eigenvalue weighted by Crippen LogP contribution is -2.47. The van der Waals surface area contributed by atoms with E-state index in [-0.39, 0.29) is 42.3 Å². The molecule has 9 heteroatoms. The average molecular weight is 423 g/mol. The Bertz CT molecular complexity index is 1020. The summed E-state index contributed by atoms with van der Waals surface area (Å²) in [5, 5.41) is 0. The van der Waals surface area contributed by atoms with E-state index in [1.165, 1.54) is 17.3 Å². The van der Waals surface area contributed by atoms with Crippen molar-refractivity contribution in [3.63, 3.8) is 0 Å². The smallest absolute Gasteiger partial charge is 0.232 e. The predicted molar refractivity (Wildman–Crippen MR) is 113 cm³/mol. The molecule has 0 saturated carbocycles. The number of ketones is 1. The fourth-order valence-electron chi connectivity index (χ4n) is 3.50. The second-order valence-corrected chi connectivity index (χ2v) is 8.01. The molecule has 0 bridgehead atoms. The first-order valence-electron chi connectivity index (χ1n) is 10.1. The largest absolute Gasteiger partial charge is 0.474 e. The Hall–Kier alpha value is -3.33. The molecule has 1 aromatic carbocycles. The van der Waals surface area contributed by atoms with Crippen LogP contribution in [0.25, 0.3) is 0 Å². The van der Waals surface area contributed by atoms with E-state index < -0.39 is 5.54 Å². The Morgan fingerprint density at radius 3 is 2.81 bits per heavy atom. The summed E-state index contributed by atoms with van der Waals surface area (Å²) in [4.78, 5) is 39.1. The number of ether oxygens (including phenoxy) is 2. The van der Waals surface area contributed by atoms with Gasteiger partial charge in [-0.25, -0.2) is 15.0 Å². The monoisotopic (exact) mass is 423 g/mol. The van der Waals surface area contributed by atoms with E-state index >= 15 is 0 Å². The summed E-state index contributed by atoms with van der Waals surface area (Å²) in [6, 6.07) is 7.49. The standard InChI is InChI=1S/C22H25N5O4/c1-22(10-20(29)27(2)21(23)26-22)15-5-3-4-14(8-15)9-18(28)17-11-25-19(12-24-17)31-13-16-6-7-30-16/h3-5,8,11-12,16H,6-7,9-10,13H2,1-2H3,(H2,23,26). The molecule has 2 N–H and O–H groups in total. The molecule has 0 aliphatic carbocycles. The second kappa shape index (κ2) is 8.43. The van der Waals surface area contributed by atoms with E-state index in [0.29, 0.717) is 12.5 Å². The highest BCUT2D eigenvalue weighted by Gasteiger charge is 2.36. The SMILES string of the molecule is CN1C(=O)CC(C)(c2cccc(CC(=O)c3cnc(OCC4CCO4)cn3)c2)N=C1N. The summed E-state index contributed by atoms with van der Waals surface area (Å²) in [5.74, 6) is 0.287. The maximum Gasteiger partial charge on any atom is 0.232 e. The number of carbonyl (C=O) groups excluding carboxylic acids is 2. The van der Waals surface area contributed by atoms with Gasteiger partial charge in [-0.1, -0.05) is 24.3 Å². The number of aromatic nitrogens is 2. The van der Waals surface area contributed by atoms with Gasteiger partial charge in [-0.3, -0.25) is 14.5 Å². The number of Topliss-reactive ketones (excluding diaryl/α,β-unsaturated/α-hetero) is 1. The van der Waals surface area contributed by atoms with Gasteiger partial charge in [0.1, 0.15) is 12.3 Å². The van der Waals surface area contributed by atoms with Gasteiger partial charge in [0.25, 0.3) is 0 Å². The molecule has 2 aliphatic rings. The van der Waals surface area contributed by atoms with E-state index in [9.17, 15) is 9.59 Å². The molecule has 2 atom stereocenters. The number of rotatable bonds is 7. The third kappa shape index (κ3) is 4.56. The Morgan fingerprint density at radius 1 is 1.35 bits per heavy atom. The van der Waals surface area contributed by atoms with E-state index in [2.05, 4.69) is 15.0 Å². The highest BCUT2D eigenvalue weighted by atomic mass is 16.5. The van der Waals surface area contributed by atoms with Crippen LogP contribution in [0.1, 0.15) is 41.4 Å². The molecule has 162 valence electrons. The molecule has 1 saturated heterocycles. The molecule has 4 rings (SSSR count). The van der Waals surface area contributed by atoms with Crippen molar-refractivity contribution in [3.05, 3.63) is 53.5 Å². The first kappa shape index (κ1) is 20.9. The molecule has 2 aliphatic heterocycles. The number of nitrogens with two attached hydrogens (primary N) is 1. The van der Waals surface area contributed by atoms with Crippen LogP contribution in [0.2, 0.25) is 0 Å². The van der Waals surface area contributed by atoms with Crippen molar-refractivity contribution >= 4 is 17.6 Å². The normalized spacial score (nSPS) is 23.2. The van der Waals surface area contributed by atoms with Crippen molar-refractivity contribution in [2.45, 2.75) is 37.8 Å².